The van der Waals surface area contributed by atoms with E-state index in [1.54, 1.807) is 24.3 Å². The average molecular weight is 781 g/mol. The first-order valence-electron chi connectivity index (χ1n) is 21.2. The first kappa shape index (κ1) is 50.2. The van der Waals surface area contributed by atoms with Crippen molar-refractivity contribution >= 4 is 17.5 Å². The Labute approximate surface area is 337 Å². The molecule has 1 atom stereocenters. The van der Waals surface area contributed by atoms with Crippen LogP contribution in [0.1, 0.15) is 143 Å². The van der Waals surface area contributed by atoms with E-state index in [4.69, 9.17) is 0 Å². The minimum atomic E-state index is -4.42. The Balaban J connectivity index is 0.000000601. The number of allylic oxidation sites excluding steroid dienone is 10. The quantitative estimate of drug-likeness (QED) is 0.0740. The largest absolute Gasteiger partial charge is 0.405 e. The van der Waals surface area contributed by atoms with Gasteiger partial charge in [0.15, 0.2) is 5.78 Å². The topological polar surface area (TPSA) is 66.5 Å². The standard InChI is InChI=1S/C28H41F3N2O.C16H18O2.2C2H6/c1-4-33(19-16-21(2)3)18-11-10-17-27(26(34)32-20-28(29,30)31)24-14-7-5-6-12-22(24)23-13-8-9-15-25(23)27;1-3-4-8-15(12-11-13(2)17)16(18)14-9-6-5-7-10-14;2*1-2/h6,8,12-13,21H,4-5,7,9-11,14-20H2,1-3H3,(H,32,34);4-10,12H,3,11H2,1-2H3;2*1-2H3/b;8-4-,15-12+;;. The molecule has 3 aliphatic carbocycles. The summed E-state index contributed by atoms with van der Waals surface area (Å²) >= 11 is 0. The molecule has 1 unspecified atom stereocenters. The number of hydrogen-bond acceptors (Lipinski definition) is 4. The van der Waals surface area contributed by atoms with Crippen molar-refractivity contribution in [3.63, 3.8) is 0 Å². The zero-order chi connectivity index (χ0) is 42.1. The van der Waals surface area contributed by atoms with Crippen molar-refractivity contribution in [2.75, 3.05) is 26.2 Å². The number of carbonyl (C=O) groups excluding carboxylic acids is 3. The molecule has 312 valence electrons. The molecule has 1 amide bonds. The summed E-state index contributed by atoms with van der Waals surface area (Å²) < 4.78 is 39.2. The van der Waals surface area contributed by atoms with Gasteiger partial charge in [-0.1, -0.05) is 135 Å². The molecule has 3 aliphatic rings. The predicted octanol–water partition coefficient (Wildman–Crippen LogP) is 12.7. The molecule has 1 aromatic rings. The molecule has 0 saturated carbocycles. The van der Waals surface area contributed by atoms with E-state index in [0.29, 0.717) is 29.9 Å². The van der Waals surface area contributed by atoms with Crippen LogP contribution in [0.3, 0.4) is 0 Å². The number of rotatable bonds is 17. The normalized spacial score (nSPS) is 17.6. The summed E-state index contributed by atoms with van der Waals surface area (Å²) in [5.41, 5.74) is 4.53. The van der Waals surface area contributed by atoms with Gasteiger partial charge in [0.1, 0.15) is 12.3 Å². The Morgan fingerprint density at radius 1 is 0.893 bits per heavy atom. The summed E-state index contributed by atoms with van der Waals surface area (Å²) in [7, 11) is 0. The highest BCUT2D eigenvalue weighted by Crippen LogP contribution is 2.56. The zero-order valence-electron chi connectivity index (χ0n) is 35.9. The van der Waals surface area contributed by atoms with Crippen LogP contribution in [-0.2, 0) is 9.59 Å². The molecule has 0 bridgehead atoms. The van der Waals surface area contributed by atoms with Gasteiger partial charge in [-0.25, -0.2) is 0 Å². The van der Waals surface area contributed by atoms with Gasteiger partial charge in [-0.05, 0) is 113 Å². The number of alkyl halides is 3. The van der Waals surface area contributed by atoms with Crippen molar-refractivity contribution in [3.05, 3.63) is 106 Å². The molecule has 0 saturated heterocycles. The van der Waals surface area contributed by atoms with Gasteiger partial charge in [-0.3, -0.25) is 14.4 Å². The summed E-state index contributed by atoms with van der Waals surface area (Å²) in [4.78, 5) is 39.3. The van der Waals surface area contributed by atoms with Crippen LogP contribution in [0.5, 0.6) is 0 Å². The highest BCUT2D eigenvalue weighted by molar-refractivity contribution is 6.10. The first-order chi connectivity index (χ1) is 26.8. The number of amides is 1. The molecule has 56 heavy (non-hydrogen) atoms. The number of ketones is 2. The summed E-state index contributed by atoms with van der Waals surface area (Å²) in [6.07, 6.45) is 18.3. The zero-order valence-corrected chi connectivity index (χ0v) is 35.9. The number of hydrogen-bond donors (Lipinski definition) is 1. The van der Waals surface area contributed by atoms with Gasteiger partial charge < -0.3 is 10.2 Å². The van der Waals surface area contributed by atoms with E-state index < -0.39 is 24.0 Å². The van der Waals surface area contributed by atoms with Crippen LogP contribution in [0.4, 0.5) is 13.2 Å². The second kappa shape index (κ2) is 27.0. The Kier molecular flexibility index (Phi) is 24.2. The maximum atomic E-state index is 13.7. The first-order valence-corrected chi connectivity index (χ1v) is 21.2. The molecular formula is C48H71F3N2O3. The monoisotopic (exact) mass is 781 g/mol. The minimum absolute atomic E-state index is 0.0402. The average Bonchev–Trinajstić information content (AvgIpc) is 3.30. The molecule has 0 heterocycles. The molecular weight excluding hydrogens is 710 g/mol. The maximum Gasteiger partial charge on any atom is 0.405 e. The van der Waals surface area contributed by atoms with E-state index in [2.05, 4.69) is 55.3 Å². The second-order valence-electron chi connectivity index (χ2n) is 14.4. The molecule has 5 nitrogen and oxygen atoms in total. The fraction of sp³-hybridized carbons (Fsp3) is 0.562. The molecule has 0 radical (unpaired) electrons. The van der Waals surface area contributed by atoms with Gasteiger partial charge in [0, 0.05) is 17.6 Å². The molecule has 8 heteroatoms. The number of fused-ring (bicyclic) bond motifs is 1. The number of carbonyl (C=O) groups is 3. The van der Waals surface area contributed by atoms with E-state index in [0.717, 1.165) is 99.7 Å². The van der Waals surface area contributed by atoms with Gasteiger partial charge in [-0.2, -0.15) is 13.2 Å². The Hall–Kier alpha value is -3.78. The van der Waals surface area contributed by atoms with E-state index in [1.807, 2.05) is 58.9 Å². The van der Waals surface area contributed by atoms with Crippen LogP contribution >= 0.6 is 0 Å². The lowest BCUT2D eigenvalue weighted by atomic mass is 9.68. The van der Waals surface area contributed by atoms with Crippen molar-refractivity contribution in [1.29, 1.82) is 0 Å². The van der Waals surface area contributed by atoms with Crippen molar-refractivity contribution in [2.45, 2.75) is 139 Å². The lowest BCUT2D eigenvalue weighted by molar-refractivity contribution is -0.142. The minimum Gasteiger partial charge on any atom is -0.346 e. The van der Waals surface area contributed by atoms with Crippen molar-refractivity contribution in [3.8, 4) is 0 Å². The Morgan fingerprint density at radius 2 is 1.52 bits per heavy atom. The number of nitrogens with one attached hydrogen (secondary N) is 1. The van der Waals surface area contributed by atoms with Gasteiger partial charge >= 0.3 is 6.18 Å². The summed E-state index contributed by atoms with van der Waals surface area (Å²) in [6, 6.07) is 9.10. The third-order valence-corrected chi connectivity index (χ3v) is 9.92. The molecule has 0 aliphatic heterocycles. The van der Waals surface area contributed by atoms with Crippen LogP contribution in [-0.4, -0.2) is 54.7 Å². The molecule has 0 aromatic heterocycles. The van der Waals surface area contributed by atoms with Gasteiger partial charge in [0.2, 0.25) is 5.91 Å². The summed E-state index contributed by atoms with van der Waals surface area (Å²) in [6.45, 7) is 19.9. The number of halogens is 3. The van der Waals surface area contributed by atoms with Gasteiger partial charge in [0.25, 0.3) is 0 Å². The molecule has 1 N–H and O–H groups in total. The van der Waals surface area contributed by atoms with E-state index in [1.165, 1.54) is 6.92 Å². The number of unbranched alkanes of at least 4 members (excludes halogenated alkanes) is 1. The third-order valence-electron chi connectivity index (χ3n) is 9.92. The third kappa shape index (κ3) is 16.0. The molecule has 4 rings (SSSR count). The number of Topliss-reactive ketones (excluding diaryl/α,β-unsaturated/α-hetero) is 2. The summed E-state index contributed by atoms with van der Waals surface area (Å²) in [5, 5.41) is 2.29. The molecule has 0 fully saturated rings. The lowest BCUT2D eigenvalue weighted by Gasteiger charge is -2.36. The van der Waals surface area contributed by atoms with Crippen LogP contribution in [0.25, 0.3) is 0 Å². The SMILES string of the molecule is CC.CC.CC/C=C\C(=C/CC(C)=O)C(=O)c1ccccc1.CCN(CCCCC1(C(=O)NCC(F)(F)F)C2=C(C=CCC2)C2=C1CCCC=C2)CCC(C)C. The Morgan fingerprint density at radius 3 is 2.09 bits per heavy atom. The smallest absolute Gasteiger partial charge is 0.346 e. The van der Waals surface area contributed by atoms with Crippen LogP contribution in [0.15, 0.2) is 101 Å². The highest BCUT2D eigenvalue weighted by atomic mass is 19.4. The highest BCUT2D eigenvalue weighted by Gasteiger charge is 2.51. The van der Waals surface area contributed by atoms with E-state index in [9.17, 15) is 27.6 Å². The lowest BCUT2D eigenvalue weighted by Crippen LogP contribution is -2.46. The Bertz CT molecular complexity index is 1550. The van der Waals surface area contributed by atoms with E-state index in [-0.39, 0.29) is 11.6 Å². The fourth-order valence-corrected chi connectivity index (χ4v) is 7.18. The molecule has 1 aromatic carbocycles. The van der Waals surface area contributed by atoms with Crippen LogP contribution < -0.4 is 5.32 Å². The van der Waals surface area contributed by atoms with Gasteiger partial charge in [0.05, 0.1) is 5.41 Å². The van der Waals surface area contributed by atoms with Crippen molar-refractivity contribution in [2.24, 2.45) is 11.3 Å². The maximum absolute atomic E-state index is 13.7. The van der Waals surface area contributed by atoms with Crippen LogP contribution in [0, 0.1) is 11.3 Å². The second-order valence-corrected chi connectivity index (χ2v) is 14.4. The summed E-state index contributed by atoms with van der Waals surface area (Å²) in [5.74, 6) is 0.214. The van der Waals surface area contributed by atoms with E-state index >= 15 is 0 Å². The van der Waals surface area contributed by atoms with Crippen molar-refractivity contribution in [1.82, 2.24) is 10.2 Å². The fourth-order valence-electron chi connectivity index (χ4n) is 7.18. The number of nitrogens with zero attached hydrogens (tertiary/aromatic N) is 1. The van der Waals surface area contributed by atoms with Gasteiger partial charge in [-0.15, -0.1) is 0 Å². The van der Waals surface area contributed by atoms with Crippen molar-refractivity contribution < 1.29 is 27.6 Å². The number of benzene rings is 1. The predicted molar refractivity (Wildman–Crippen MR) is 229 cm³/mol. The molecule has 0 spiro atoms. The van der Waals surface area contributed by atoms with Crippen LogP contribution in [0.2, 0.25) is 0 Å².